The summed E-state index contributed by atoms with van der Waals surface area (Å²) in [5.41, 5.74) is 5.98. The highest BCUT2D eigenvalue weighted by atomic mass is 16.6. The summed E-state index contributed by atoms with van der Waals surface area (Å²) in [4.78, 5) is 27.0. The van der Waals surface area contributed by atoms with Crippen molar-refractivity contribution in [3.8, 4) is 11.5 Å². The quantitative estimate of drug-likeness (QED) is 0.296. The molecule has 12 nitrogen and oxygen atoms in total. The van der Waals surface area contributed by atoms with Crippen LogP contribution in [0.25, 0.3) is 0 Å². The number of hydrogen-bond donors (Lipinski definition) is 4. The number of nitrogens with two attached hydrogens (primary N) is 1. The van der Waals surface area contributed by atoms with E-state index in [1.165, 1.54) is 0 Å². The molecule has 2 saturated heterocycles. The Labute approximate surface area is 194 Å². The highest BCUT2D eigenvalue weighted by molar-refractivity contribution is 5.90. The van der Waals surface area contributed by atoms with Crippen molar-refractivity contribution in [1.82, 2.24) is 4.90 Å². The minimum absolute atomic E-state index is 0.00755. The van der Waals surface area contributed by atoms with Crippen molar-refractivity contribution in [3.63, 3.8) is 0 Å². The second kappa shape index (κ2) is 7.85. The first kappa shape index (κ1) is 21.9. The van der Waals surface area contributed by atoms with Gasteiger partial charge < -0.3 is 35.6 Å². The number of phenolic OH excluding ortho intramolecular Hbond substituents is 2. The van der Waals surface area contributed by atoms with Crippen LogP contribution in [-0.2, 0) is 15.9 Å². The van der Waals surface area contributed by atoms with Crippen LogP contribution in [0.5, 0.6) is 11.5 Å². The molecule has 2 fully saturated rings. The van der Waals surface area contributed by atoms with Crippen molar-refractivity contribution < 1.29 is 29.3 Å². The molecular formula is C22H24N6O6. The Morgan fingerprint density at radius 2 is 2.00 bits per heavy atom. The minimum atomic E-state index is -0.865. The number of anilines is 2. The number of phenols is 2. The number of para-hydroxylation sites is 1. The number of azo groups is 1. The molecule has 178 valence electrons. The number of hydrogen-bond acceptors (Lipinski definition) is 9. The predicted molar refractivity (Wildman–Crippen MR) is 120 cm³/mol. The molecule has 5 N–H and O–H groups in total. The summed E-state index contributed by atoms with van der Waals surface area (Å²) in [6.45, 7) is 2.13. The average molecular weight is 468 g/mol. The molecule has 0 spiro atoms. The summed E-state index contributed by atoms with van der Waals surface area (Å²) < 4.78 is 10.8. The van der Waals surface area contributed by atoms with Gasteiger partial charge in [-0.15, -0.1) is 5.11 Å². The van der Waals surface area contributed by atoms with Gasteiger partial charge in [-0.25, -0.2) is 9.59 Å². The van der Waals surface area contributed by atoms with Gasteiger partial charge in [0.15, 0.2) is 5.72 Å². The summed E-state index contributed by atoms with van der Waals surface area (Å²) in [6, 6.07) is 7.98. The molecule has 3 aliphatic rings. The van der Waals surface area contributed by atoms with Crippen molar-refractivity contribution in [3.05, 3.63) is 41.5 Å². The molecule has 2 aromatic rings. The fourth-order valence-corrected chi connectivity index (χ4v) is 5.16. The molecular weight excluding hydrogens is 444 g/mol. The van der Waals surface area contributed by atoms with Gasteiger partial charge in [0, 0.05) is 36.9 Å². The summed E-state index contributed by atoms with van der Waals surface area (Å²) in [6.07, 6.45) is -0.605. The summed E-state index contributed by atoms with van der Waals surface area (Å²) >= 11 is 0. The van der Waals surface area contributed by atoms with Crippen LogP contribution in [0.15, 0.2) is 40.6 Å². The Balaban J connectivity index is 1.42. The lowest BCUT2D eigenvalue weighted by atomic mass is 9.99. The van der Waals surface area contributed by atoms with Crippen LogP contribution in [0.1, 0.15) is 11.1 Å². The van der Waals surface area contributed by atoms with Crippen LogP contribution < -0.4 is 16.0 Å². The van der Waals surface area contributed by atoms with Gasteiger partial charge in [-0.3, -0.25) is 4.90 Å². The van der Waals surface area contributed by atoms with Crippen molar-refractivity contribution in [2.75, 3.05) is 30.6 Å². The minimum Gasteiger partial charge on any atom is -0.505 e. The summed E-state index contributed by atoms with van der Waals surface area (Å²) in [7, 11) is 1.56. The molecule has 12 heteroatoms. The van der Waals surface area contributed by atoms with Gasteiger partial charge in [0.05, 0.1) is 17.8 Å². The molecule has 4 unspecified atom stereocenters. The first-order valence-electron chi connectivity index (χ1n) is 10.6. The first-order chi connectivity index (χ1) is 16.3. The fourth-order valence-electron chi connectivity index (χ4n) is 5.16. The van der Waals surface area contributed by atoms with E-state index in [1.54, 1.807) is 38.3 Å². The van der Waals surface area contributed by atoms with E-state index in [2.05, 4.69) is 15.5 Å². The van der Waals surface area contributed by atoms with Crippen LogP contribution in [-0.4, -0.2) is 65.4 Å². The maximum atomic E-state index is 12.2. The number of amides is 3. The van der Waals surface area contributed by atoms with Crippen LogP contribution in [0.2, 0.25) is 0 Å². The zero-order valence-electron chi connectivity index (χ0n) is 18.6. The smallest absolute Gasteiger partial charge is 0.405 e. The molecule has 0 radical (unpaired) electrons. The van der Waals surface area contributed by atoms with Gasteiger partial charge in [0.25, 0.3) is 0 Å². The number of rotatable bonds is 5. The molecule has 5 rings (SSSR count). The van der Waals surface area contributed by atoms with Crippen LogP contribution >= 0.6 is 0 Å². The number of fused-ring (bicyclic) bond motifs is 5. The Hall–Kier alpha value is -3.90. The number of nitrogens with zero attached hydrogens (tertiary/aromatic N) is 4. The van der Waals surface area contributed by atoms with Crippen LogP contribution in [0, 0.1) is 6.92 Å². The number of methoxy groups -OCH3 is 1. The third kappa shape index (κ3) is 3.22. The molecule has 0 bridgehead atoms. The van der Waals surface area contributed by atoms with Gasteiger partial charge in [-0.1, -0.05) is 23.3 Å². The lowest BCUT2D eigenvalue weighted by Gasteiger charge is -2.36. The largest absolute Gasteiger partial charge is 0.505 e. The first-order valence-corrected chi connectivity index (χ1v) is 10.6. The third-order valence-corrected chi connectivity index (χ3v) is 6.75. The van der Waals surface area contributed by atoms with Crippen LogP contribution in [0.3, 0.4) is 0 Å². The van der Waals surface area contributed by atoms with E-state index in [0.29, 0.717) is 23.5 Å². The Bertz CT molecular complexity index is 1200. The second-order valence-corrected chi connectivity index (χ2v) is 8.45. The lowest BCUT2D eigenvalue weighted by molar-refractivity contribution is -0.0190. The van der Waals surface area contributed by atoms with E-state index in [9.17, 15) is 19.8 Å². The monoisotopic (exact) mass is 468 g/mol. The molecule has 4 atom stereocenters. The molecule has 34 heavy (non-hydrogen) atoms. The lowest BCUT2D eigenvalue weighted by Crippen LogP contribution is -2.51. The maximum Gasteiger partial charge on any atom is 0.405 e. The highest BCUT2D eigenvalue weighted by Crippen LogP contribution is 2.61. The molecule has 0 aromatic heterocycles. The average Bonchev–Trinajstić information content (AvgIpc) is 3.24. The number of aromatic hydroxyl groups is 2. The van der Waals surface area contributed by atoms with Crippen molar-refractivity contribution >= 4 is 29.2 Å². The number of carbonyl (C=O) groups is 2. The Morgan fingerprint density at radius 1 is 1.26 bits per heavy atom. The second-order valence-electron chi connectivity index (χ2n) is 8.45. The third-order valence-electron chi connectivity index (χ3n) is 6.75. The molecule has 0 saturated carbocycles. The zero-order valence-corrected chi connectivity index (χ0v) is 18.6. The summed E-state index contributed by atoms with van der Waals surface area (Å²) in [5.74, 6) is -0.241. The normalized spacial score (nSPS) is 26.2. The topological polar surface area (TPSA) is 162 Å². The SMILES string of the molecule is COC12Cc3c(O)c(N=NC(=O)Nc4ccccc4)c(C)c(O)c3N1CC1C2N1COC(N)=O. The predicted octanol–water partition coefficient (Wildman–Crippen LogP) is 2.55. The number of piperazine rings is 1. The van der Waals surface area contributed by atoms with E-state index < -0.39 is 17.8 Å². The highest BCUT2D eigenvalue weighted by Gasteiger charge is 2.72. The standard InChI is InChI=1S/C22H24N6O6/c1-11-15(25-26-21(32)24-12-6-4-3-5-7-12)18(30)13-8-22(33-2)19-14(27(19)10-34-20(23)31)9-28(22)16(13)17(11)29/h3-7,14,19,29-30H,8-10H2,1-2H3,(H2,23,31)(H,24,32). The number of nitrogens with one attached hydrogen (secondary N) is 1. The Kier molecular flexibility index (Phi) is 5.06. The molecule has 3 heterocycles. The Morgan fingerprint density at radius 3 is 2.68 bits per heavy atom. The van der Waals surface area contributed by atoms with Gasteiger partial charge >= 0.3 is 12.1 Å². The number of urea groups is 1. The van der Waals surface area contributed by atoms with Gasteiger partial charge in [-0.2, -0.15) is 0 Å². The molecule has 3 aliphatic heterocycles. The number of ether oxygens (including phenoxy) is 2. The van der Waals surface area contributed by atoms with Crippen molar-refractivity contribution in [2.45, 2.75) is 31.2 Å². The van der Waals surface area contributed by atoms with E-state index in [0.717, 1.165) is 0 Å². The van der Waals surface area contributed by atoms with E-state index in [4.69, 9.17) is 15.2 Å². The number of benzene rings is 2. The molecule has 3 amide bonds. The molecule has 2 aromatic carbocycles. The van der Waals surface area contributed by atoms with Crippen molar-refractivity contribution in [2.24, 2.45) is 16.0 Å². The maximum absolute atomic E-state index is 12.2. The van der Waals surface area contributed by atoms with Gasteiger partial charge in [0.2, 0.25) is 0 Å². The number of carbonyl (C=O) groups excluding carboxylic acids is 2. The van der Waals surface area contributed by atoms with Crippen molar-refractivity contribution in [1.29, 1.82) is 0 Å². The summed E-state index contributed by atoms with van der Waals surface area (Å²) in [5, 5.41) is 32.2. The van der Waals surface area contributed by atoms with Crippen LogP contribution in [0.4, 0.5) is 26.7 Å². The van der Waals surface area contributed by atoms with E-state index >= 15 is 0 Å². The molecule has 0 aliphatic carbocycles. The van der Waals surface area contributed by atoms with Gasteiger partial charge in [-0.05, 0) is 19.1 Å². The number of primary amides is 1. The van der Waals surface area contributed by atoms with E-state index in [-0.39, 0.29) is 48.0 Å². The van der Waals surface area contributed by atoms with Gasteiger partial charge in [0.1, 0.15) is 23.9 Å². The van der Waals surface area contributed by atoms with E-state index in [1.807, 2.05) is 15.9 Å². The zero-order chi connectivity index (χ0) is 24.2. The fraction of sp³-hybridized carbons (Fsp3) is 0.364.